The first-order chi connectivity index (χ1) is 12.3. The third-order valence-electron chi connectivity index (χ3n) is 5.33. The van der Waals surface area contributed by atoms with Gasteiger partial charge in [0.15, 0.2) is 5.13 Å². The van der Waals surface area contributed by atoms with Gasteiger partial charge in [0, 0.05) is 24.2 Å². The molecule has 2 aliphatic rings. The van der Waals surface area contributed by atoms with E-state index in [9.17, 15) is 10.1 Å². The minimum atomic E-state index is -0.388. The molecule has 2 aromatic heterocycles. The molecular weight excluding hydrogens is 352 g/mol. The van der Waals surface area contributed by atoms with Gasteiger partial charge in [-0.05, 0) is 30.1 Å². The van der Waals surface area contributed by atoms with Crippen LogP contribution in [0, 0.1) is 20.9 Å². The van der Waals surface area contributed by atoms with Gasteiger partial charge < -0.3 is 10.2 Å². The van der Waals surface area contributed by atoms with E-state index in [2.05, 4.69) is 45.9 Å². The highest BCUT2D eigenvalue weighted by atomic mass is 32.1. The van der Waals surface area contributed by atoms with Crippen molar-refractivity contribution in [2.75, 3.05) is 16.8 Å². The largest absolute Gasteiger partial charge is 0.353 e. The topological polar surface area (TPSA) is 97.1 Å². The third-order valence-corrected chi connectivity index (χ3v) is 6.02. The van der Waals surface area contributed by atoms with E-state index in [-0.39, 0.29) is 33.3 Å². The minimum Gasteiger partial charge on any atom is -0.347 e. The summed E-state index contributed by atoms with van der Waals surface area (Å²) in [6, 6.07) is 0.269. The SMILES string of the molecule is CC1(C)CC2CC(C)(CN2c2ncnc(Nc3nccs3)c2[N+](=O)[O-])C1. The number of rotatable bonds is 4. The molecule has 26 heavy (non-hydrogen) atoms. The van der Waals surface area contributed by atoms with Crippen LogP contribution in [0.1, 0.15) is 40.0 Å². The first-order valence-electron chi connectivity index (χ1n) is 8.69. The number of nitrogens with zero attached hydrogens (tertiary/aromatic N) is 5. The van der Waals surface area contributed by atoms with Crippen LogP contribution in [-0.4, -0.2) is 32.5 Å². The first kappa shape index (κ1) is 17.1. The standard InChI is InChI=1S/C17H22N6O2S/c1-16(2)6-11-7-17(3,8-16)9-22(11)14-12(23(24)25)13(19-10-20-14)21-15-18-4-5-26-15/h4-5,10-11H,6-9H2,1-3H3,(H,18,19,20,21). The van der Waals surface area contributed by atoms with Gasteiger partial charge in [-0.2, -0.15) is 0 Å². The van der Waals surface area contributed by atoms with Crippen LogP contribution in [0.25, 0.3) is 0 Å². The molecule has 3 heterocycles. The molecule has 1 saturated carbocycles. The summed E-state index contributed by atoms with van der Waals surface area (Å²) in [5.41, 5.74) is 0.321. The van der Waals surface area contributed by atoms with E-state index in [4.69, 9.17) is 0 Å². The minimum absolute atomic E-state index is 0.0725. The Balaban J connectivity index is 1.74. The number of hydrogen-bond donors (Lipinski definition) is 1. The van der Waals surface area contributed by atoms with Crippen molar-refractivity contribution in [1.82, 2.24) is 15.0 Å². The number of anilines is 3. The van der Waals surface area contributed by atoms with E-state index in [0.717, 1.165) is 25.8 Å². The molecule has 2 bridgehead atoms. The summed E-state index contributed by atoms with van der Waals surface area (Å²) in [6.45, 7) is 7.63. The molecule has 2 fully saturated rings. The Hall–Kier alpha value is -2.29. The van der Waals surface area contributed by atoms with E-state index >= 15 is 0 Å². The van der Waals surface area contributed by atoms with E-state index in [1.807, 2.05) is 5.38 Å². The Labute approximate surface area is 155 Å². The average molecular weight is 374 g/mol. The van der Waals surface area contributed by atoms with Gasteiger partial charge in [0.2, 0.25) is 11.6 Å². The Morgan fingerprint density at radius 1 is 1.31 bits per heavy atom. The maximum absolute atomic E-state index is 11.9. The van der Waals surface area contributed by atoms with Crippen molar-refractivity contribution in [2.45, 2.75) is 46.1 Å². The molecular formula is C17H22N6O2S. The van der Waals surface area contributed by atoms with Gasteiger partial charge in [-0.25, -0.2) is 15.0 Å². The predicted octanol–water partition coefficient (Wildman–Crippen LogP) is 3.99. The van der Waals surface area contributed by atoms with Crippen molar-refractivity contribution >= 4 is 33.8 Å². The third kappa shape index (κ3) is 3.00. The summed E-state index contributed by atoms with van der Waals surface area (Å²) in [5, 5.41) is 17.2. The van der Waals surface area contributed by atoms with Crippen LogP contribution in [0.2, 0.25) is 0 Å². The van der Waals surface area contributed by atoms with Crippen molar-refractivity contribution in [3.8, 4) is 0 Å². The molecule has 1 aliphatic carbocycles. The summed E-state index contributed by atoms with van der Waals surface area (Å²) in [6.07, 6.45) is 6.23. The number of nitro groups is 1. The van der Waals surface area contributed by atoms with Gasteiger partial charge in [-0.3, -0.25) is 10.1 Å². The highest BCUT2D eigenvalue weighted by Gasteiger charge is 2.51. The second kappa shape index (κ2) is 5.87. The lowest BCUT2D eigenvalue weighted by atomic mass is 9.65. The molecule has 1 N–H and O–H groups in total. The Bertz CT molecular complexity index is 840. The van der Waals surface area contributed by atoms with E-state index in [0.29, 0.717) is 10.9 Å². The average Bonchev–Trinajstić information content (AvgIpc) is 3.11. The van der Waals surface area contributed by atoms with Crippen molar-refractivity contribution in [3.63, 3.8) is 0 Å². The van der Waals surface area contributed by atoms with Gasteiger partial charge in [-0.1, -0.05) is 20.8 Å². The highest BCUT2D eigenvalue weighted by Crippen LogP contribution is 2.54. The Morgan fingerprint density at radius 3 is 2.81 bits per heavy atom. The zero-order valence-electron chi connectivity index (χ0n) is 15.1. The van der Waals surface area contributed by atoms with Crippen LogP contribution in [0.4, 0.5) is 22.5 Å². The quantitative estimate of drug-likeness (QED) is 0.638. The Kier molecular flexibility index (Phi) is 3.87. The Morgan fingerprint density at radius 2 is 2.12 bits per heavy atom. The molecule has 8 nitrogen and oxygen atoms in total. The van der Waals surface area contributed by atoms with Gasteiger partial charge >= 0.3 is 5.69 Å². The second-order valence-electron chi connectivity index (χ2n) is 8.46. The normalized spacial score (nSPS) is 26.7. The van der Waals surface area contributed by atoms with Gasteiger partial charge in [0.1, 0.15) is 6.33 Å². The zero-order valence-corrected chi connectivity index (χ0v) is 15.9. The van der Waals surface area contributed by atoms with Crippen molar-refractivity contribution in [3.05, 3.63) is 28.0 Å². The van der Waals surface area contributed by atoms with Gasteiger partial charge in [0.25, 0.3) is 0 Å². The lowest BCUT2D eigenvalue weighted by molar-refractivity contribution is -0.383. The molecule has 0 spiro atoms. The highest BCUT2D eigenvalue weighted by molar-refractivity contribution is 7.13. The van der Waals surface area contributed by atoms with Crippen molar-refractivity contribution in [1.29, 1.82) is 0 Å². The predicted molar refractivity (Wildman–Crippen MR) is 101 cm³/mol. The fourth-order valence-corrected chi connectivity index (χ4v) is 5.46. The number of fused-ring (bicyclic) bond motifs is 2. The zero-order chi connectivity index (χ0) is 18.5. The van der Waals surface area contributed by atoms with Crippen LogP contribution in [0.5, 0.6) is 0 Å². The molecule has 2 atom stereocenters. The number of nitrogens with one attached hydrogen (secondary N) is 1. The van der Waals surface area contributed by atoms with Crippen molar-refractivity contribution < 1.29 is 4.92 Å². The van der Waals surface area contributed by atoms with E-state index in [1.54, 1.807) is 6.20 Å². The lowest BCUT2D eigenvalue weighted by Gasteiger charge is -2.39. The molecule has 4 rings (SSSR count). The first-order valence-corrected chi connectivity index (χ1v) is 9.57. The van der Waals surface area contributed by atoms with Gasteiger partial charge in [0.05, 0.1) is 4.92 Å². The second-order valence-corrected chi connectivity index (χ2v) is 9.35. The van der Waals surface area contributed by atoms with Crippen molar-refractivity contribution in [2.24, 2.45) is 10.8 Å². The molecule has 1 aliphatic heterocycles. The molecule has 138 valence electrons. The van der Waals surface area contributed by atoms with Crippen LogP contribution in [0.3, 0.4) is 0 Å². The van der Waals surface area contributed by atoms with Crippen LogP contribution >= 0.6 is 11.3 Å². The molecule has 0 radical (unpaired) electrons. The maximum atomic E-state index is 11.9. The van der Waals surface area contributed by atoms with Crippen LogP contribution in [0.15, 0.2) is 17.9 Å². The summed E-state index contributed by atoms with van der Waals surface area (Å²) in [4.78, 5) is 26.2. The fraction of sp³-hybridized carbons (Fsp3) is 0.588. The fourth-order valence-electron chi connectivity index (χ4n) is 4.93. The summed E-state index contributed by atoms with van der Waals surface area (Å²) in [5.74, 6) is 0.608. The molecule has 9 heteroatoms. The van der Waals surface area contributed by atoms with Crippen LogP contribution in [-0.2, 0) is 0 Å². The number of aromatic nitrogens is 3. The molecule has 0 amide bonds. The molecule has 2 aromatic rings. The number of thiazole rings is 1. The van der Waals surface area contributed by atoms with E-state index in [1.165, 1.54) is 17.7 Å². The molecule has 1 saturated heterocycles. The van der Waals surface area contributed by atoms with Gasteiger partial charge in [-0.15, -0.1) is 11.3 Å². The smallest absolute Gasteiger partial charge is 0.347 e. The lowest BCUT2D eigenvalue weighted by Crippen LogP contribution is -2.35. The maximum Gasteiger partial charge on any atom is 0.353 e. The van der Waals surface area contributed by atoms with Crippen LogP contribution < -0.4 is 10.2 Å². The molecule has 0 aromatic carbocycles. The summed E-state index contributed by atoms with van der Waals surface area (Å²) >= 11 is 1.37. The summed E-state index contributed by atoms with van der Waals surface area (Å²) in [7, 11) is 0. The monoisotopic (exact) mass is 374 g/mol. The van der Waals surface area contributed by atoms with E-state index < -0.39 is 0 Å². The molecule has 2 unspecified atom stereocenters. The summed E-state index contributed by atoms with van der Waals surface area (Å²) < 4.78 is 0. The number of hydrogen-bond acceptors (Lipinski definition) is 8.